The minimum Gasteiger partial charge on any atom is -0.497 e. The van der Waals surface area contributed by atoms with Crippen LogP contribution in [0.3, 0.4) is 0 Å². The number of hydrogen-bond acceptors (Lipinski definition) is 4. The maximum Gasteiger partial charge on any atom is 0.313 e. The molecule has 0 aromatic heterocycles. The van der Waals surface area contributed by atoms with Crippen molar-refractivity contribution in [2.24, 2.45) is 5.92 Å². The number of aliphatic hydroxyl groups is 1. The van der Waals surface area contributed by atoms with E-state index in [-0.39, 0.29) is 5.56 Å². The van der Waals surface area contributed by atoms with Gasteiger partial charge in [-0.1, -0.05) is 48.0 Å². The molecule has 0 saturated carbocycles. The van der Waals surface area contributed by atoms with E-state index in [2.05, 4.69) is 6.58 Å². The van der Waals surface area contributed by atoms with Gasteiger partial charge < -0.3 is 14.9 Å². The van der Waals surface area contributed by atoms with Crippen LogP contribution in [0, 0.1) is 11.7 Å². The van der Waals surface area contributed by atoms with Crippen LogP contribution < -0.4 is 0 Å². The molecule has 2 N–H and O–H groups in total. The van der Waals surface area contributed by atoms with Crippen molar-refractivity contribution < 1.29 is 28.9 Å². The number of allylic oxidation sites excluding steroid dienone is 2. The molecule has 1 aliphatic carbocycles. The van der Waals surface area contributed by atoms with Crippen LogP contribution in [0.1, 0.15) is 36.5 Å². The van der Waals surface area contributed by atoms with Gasteiger partial charge in [0.2, 0.25) is 0 Å². The van der Waals surface area contributed by atoms with Gasteiger partial charge >= 0.3 is 5.97 Å². The number of Topliss-reactive ketones (excluding diaryl/α,β-unsaturated/α-hetero) is 1. The van der Waals surface area contributed by atoms with Gasteiger partial charge in [-0.2, -0.15) is 0 Å². The fourth-order valence-electron chi connectivity index (χ4n) is 4.01. The Hall–Kier alpha value is -3.51. The van der Waals surface area contributed by atoms with Crippen LogP contribution in [0.15, 0.2) is 84.2 Å². The summed E-state index contributed by atoms with van der Waals surface area (Å²) in [4.78, 5) is 25.4. The molecule has 2 aromatic rings. The van der Waals surface area contributed by atoms with E-state index in [1.165, 1.54) is 31.4 Å². The summed E-state index contributed by atoms with van der Waals surface area (Å²) < 4.78 is 19.2. The Morgan fingerprint density at radius 3 is 2.55 bits per heavy atom. The van der Waals surface area contributed by atoms with Crippen LogP contribution in [-0.4, -0.2) is 34.7 Å². The van der Waals surface area contributed by atoms with E-state index in [0.717, 1.165) is 5.57 Å². The first-order chi connectivity index (χ1) is 15.6. The zero-order chi connectivity index (χ0) is 24.2. The van der Waals surface area contributed by atoms with E-state index in [1.807, 2.05) is 6.92 Å². The fraction of sp³-hybridized carbons (Fsp3) is 0.259. The van der Waals surface area contributed by atoms with E-state index >= 15 is 0 Å². The summed E-state index contributed by atoms with van der Waals surface area (Å²) >= 11 is 0. The van der Waals surface area contributed by atoms with E-state index in [0.29, 0.717) is 35.3 Å². The number of benzene rings is 2. The van der Waals surface area contributed by atoms with Crippen molar-refractivity contribution in [3.05, 3.63) is 95.5 Å². The van der Waals surface area contributed by atoms with Gasteiger partial charge in [0.25, 0.3) is 0 Å². The Morgan fingerprint density at radius 2 is 1.91 bits per heavy atom. The number of hydrogen-bond donors (Lipinski definition) is 2. The van der Waals surface area contributed by atoms with Crippen LogP contribution in [0.5, 0.6) is 0 Å². The van der Waals surface area contributed by atoms with Crippen LogP contribution in [0.2, 0.25) is 0 Å². The van der Waals surface area contributed by atoms with Crippen molar-refractivity contribution in [3.8, 4) is 11.1 Å². The first kappa shape index (κ1) is 24.1. The Balaban J connectivity index is 1.97. The summed E-state index contributed by atoms with van der Waals surface area (Å²) in [6, 6.07) is 12.5. The fourth-order valence-corrected chi connectivity index (χ4v) is 4.01. The molecule has 0 radical (unpaired) electrons. The summed E-state index contributed by atoms with van der Waals surface area (Å²) in [5, 5.41) is 21.2. The smallest absolute Gasteiger partial charge is 0.313 e. The molecule has 33 heavy (non-hydrogen) atoms. The molecule has 1 aliphatic rings. The van der Waals surface area contributed by atoms with Gasteiger partial charge in [-0.25, -0.2) is 4.39 Å². The van der Waals surface area contributed by atoms with Crippen LogP contribution in [0.25, 0.3) is 11.1 Å². The highest BCUT2D eigenvalue weighted by atomic mass is 19.1. The summed E-state index contributed by atoms with van der Waals surface area (Å²) in [5.74, 6) is -3.15. The highest BCUT2D eigenvalue weighted by Gasteiger charge is 2.44. The summed E-state index contributed by atoms with van der Waals surface area (Å²) in [6.07, 6.45) is 3.44. The molecule has 0 aliphatic heterocycles. The third-order valence-corrected chi connectivity index (χ3v) is 5.72. The zero-order valence-electron chi connectivity index (χ0n) is 18.7. The monoisotopic (exact) mass is 450 g/mol. The van der Waals surface area contributed by atoms with Gasteiger partial charge in [-0.15, -0.1) is 6.58 Å². The Labute approximate surface area is 192 Å². The lowest BCUT2D eigenvalue weighted by molar-refractivity contribution is -0.146. The maximum absolute atomic E-state index is 13.8. The quantitative estimate of drug-likeness (QED) is 0.399. The average molecular weight is 451 g/mol. The third-order valence-electron chi connectivity index (χ3n) is 5.72. The molecule has 0 amide bonds. The minimum absolute atomic E-state index is 0.269. The number of carbonyl (C=O) groups excluding carboxylic acids is 1. The number of ether oxygens (including phenoxy) is 1. The van der Waals surface area contributed by atoms with Gasteiger partial charge in [0.15, 0.2) is 5.78 Å². The number of ketones is 1. The Bertz CT molecular complexity index is 1150. The van der Waals surface area contributed by atoms with Crippen LogP contribution >= 0.6 is 0 Å². The predicted octanol–water partition coefficient (Wildman–Crippen LogP) is 5.32. The number of rotatable bonds is 9. The van der Waals surface area contributed by atoms with Crippen LogP contribution in [-0.2, 0) is 9.53 Å². The second-order valence-corrected chi connectivity index (χ2v) is 8.32. The lowest BCUT2D eigenvalue weighted by Crippen LogP contribution is -2.44. The number of carbonyl (C=O) groups is 2. The maximum atomic E-state index is 13.8. The lowest BCUT2D eigenvalue weighted by Gasteiger charge is -2.34. The first-order valence-corrected chi connectivity index (χ1v) is 10.6. The summed E-state index contributed by atoms with van der Waals surface area (Å²) in [6.45, 7) is 5.74. The second-order valence-electron chi connectivity index (χ2n) is 8.32. The molecule has 6 heteroatoms. The molecule has 0 spiro atoms. The van der Waals surface area contributed by atoms with Crippen LogP contribution in [0.4, 0.5) is 4.39 Å². The average Bonchev–Trinajstić information content (AvgIpc) is 2.77. The van der Waals surface area contributed by atoms with Crippen molar-refractivity contribution in [3.63, 3.8) is 0 Å². The molecule has 3 rings (SSSR count). The number of halogens is 1. The molecular formula is C27H27FO5. The molecule has 0 fully saturated rings. The van der Waals surface area contributed by atoms with Crippen molar-refractivity contribution in [2.45, 2.75) is 31.8 Å². The van der Waals surface area contributed by atoms with Crippen molar-refractivity contribution in [1.82, 2.24) is 0 Å². The van der Waals surface area contributed by atoms with E-state index in [9.17, 15) is 24.2 Å². The van der Waals surface area contributed by atoms with E-state index in [4.69, 9.17) is 4.74 Å². The molecule has 172 valence electrons. The molecule has 0 heterocycles. The number of carboxylic acid groups (broad SMARTS) is 1. The summed E-state index contributed by atoms with van der Waals surface area (Å²) in [7, 11) is 1.43. The van der Waals surface area contributed by atoms with Gasteiger partial charge in [-0.05, 0) is 54.7 Å². The number of aliphatic carboxylic acids is 1. The van der Waals surface area contributed by atoms with Crippen molar-refractivity contribution >= 4 is 11.8 Å². The standard InChI is InChI=1S/C27H27FO5/c1-17(2)11-12-19-14-23(26(30)31)27(32,16-25(19)33-3)15-24(29)22-10-5-4-9-21(22)18-7-6-8-20(28)13-18/h4-10,13-14,16,23,32H,1,11-12,15H2,2-3H3,(H,30,31). The Kier molecular flexibility index (Phi) is 7.29. The normalized spacial score (nSPS) is 19.9. The van der Waals surface area contributed by atoms with Gasteiger partial charge in [-0.3, -0.25) is 9.59 Å². The molecule has 0 saturated heterocycles. The zero-order valence-corrected chi connectivity index (χ0v) is 18.7. The predicted molar refractivity (Wildman–Crippen MR) is 124 cm³/mol. The first-order valence-electron chi connectivity index (χ1n) is 10.6. The molecular weight excluding hydrogens is 423 g/mol. The highest BCUT2D eigenvalue weighted by Crippen LogP contribution is 2.38. The minimum atomic E-state index is -1.99. The highest BCUT2D eigenvalue weighted by molar-refractivity contribution is 6.03. The van der Waals surface area contributed by atoms with E-state index < -0.39 is 35.5 Å². The number of methoxy groups -OCH3 is 1. The third kappa shape index (κ3) is 5.46. The molecule has 0 bridgehead atoms. The Morgan fingerprint density at radius 1 is 1.18 bits per heavy atom. The molecule has 2 unspecified atom stereocenters. The van der Waals surface area contributed by atoms with E-state index in [1.54, 1.807) is 36.4 Å². The molecule has 2 atom stereocenters. The lowest BCUT2D eigenvalue weighted by atomic mass is 9.76. The second kappa shape index (κ2) is 9.96. The van der Waals surface area contributed by atoms with Gasteiger partial charge in [0, 0.05) is 12.0 Å². The van der Waals surface area contributed by atoms with Crippen molar-refractivity contribution in [1.29, 1.82) is 0 Å². The molecule has 2 aromatic carbocycles. The topological polar surface area (TPSA) is 83.8 Å². The molecule has 5 nitrogen and oxygen atoms in total. The van der Waals surface area contributed by atoms with Gasteiger partial charge in [0.05, 0.1) is 7.11 Å². The van der Waals surface area contributed by atoms with Gasteiger partial charge in [0.1, 0.15) is 23.1 Å². The SMILES string of the molecule is C=C(C)CCC1=CC(C(=O)O)C(O)(CC(=O)c2ccccc2-c2cccc(F)c2)C=C1OC. The van der Waals surface area contributed by atoms with Crippen molar-refractivity contribution in [2.75, 3.05) is 7.11 Å². The largest absolute Gasteiger partial charge is 0.497 e. The summed E-state index contributed by atoms with van der Waals surface area (Å²) in [5.41, 5.74) is 0.871. The number of carboxylic acids is 1.